The minimum absolute atomic E-state index is 0.0793. The monoisotopic (exact) mass is 375 g/mol. The fourth-order valence-electron chi connectivity index (χ4n) is 3.43. The molecule has 1 N–H and O–H groups in total. The van der Waals surface area contributed by atoms with E-state index in [2.05, 4.69) is 51.7 Å². The van der Waals surface area contributed by atoms with Crippen LogP contribution in [0.3, 0.4) is 0 Å². The van der Waals surface area contributed by atoms with Crippen molar-refractivity contribution >= 4 is 11.8 Å². The number of aromatic nitrogens is 2. The molecule has 1 fully saturated rings. The Labute approximate surface area is 165 Å². The van der Waals surface area contributed by atoms with Gasteiger partial charge in [-0.2, -0.15) is 5.10 Å². The van der Waals surface area contributed by atoms with Gasteiger partial charge >= 0.3 is 6.03 Å². The molecule has 0 unspecified atom stereocenters. The minimum atomic E-state index is -0.0793. The first-order valence-electron chi connectivity index (χ1n) is 9.66. The van der Waals surface area contributed by atoms with Gasteiger partial charge in [0.1, 0.15) is 0 Å². The number of carbonyl (C=O) groups excluding carboxylic acids is 1. The molecule has 0 radical (unpaired) electrons. The van der Waals surface area contributed by atoms with E-state index in [0.717, 1.165) is 32.7 Å². The number of carbonyl (C=O) groups is 1. The molecule has 6 nitrogen and oxygen atoms in total. The summed E-state index contributed by atoms with van der Waals surface area (Å²) in [5, 5.41) is 7.38. The third-order valence-corrected chi connectivity index (χ3v) is 4.97. The molecule has 1 aliphatic heterocycles. The van der Waals surface area contributed by atoms with Gasteiger partial charge in [-0.15, -0.1) is 0 Å². The van der Waals surface area contributed by atoms with Crippen LogP contribution in [0.15, 0.2) is 72.9 Å². The van der Waals surface area contributed by atoms with E-state index < -0.39 is 0 Å². The normalized spacial score (nSPS) is 14.8. The lowest BCUT2D eigenvalue weighted by molar-refractivity contribution is 0.143. The zero-order chi connectivity index (χ0) is 19.2. The van der Waals surface area contributed by atoms with E-state index in [1.807, 2.05) is 46.1 Å². The lowest BCUT2D eigenvalue weighted by atomic mass is 10.2. The second-order valence-corrected chi connectivity index (χ2v) is 7.06. The third-order valence-electron chi connectivity index (χ3n) is 4.97. The quantitative estimate of drug-likeness (QED) is 0.745. The summed E-state index contributed by atoms with van der Waals surface area (Å²) in [7, 11) is 0. The predicted octanol–water partition coefficient (Wildman–Crippen LogP) is 3.28. The van der Waals surface area contributed by atoms with Crippen molar-refractivity contribution in [1.82, 2.24) is 19.6 Å². The summed E-state index contributed by atoms with van der Waals surface area (Å²) < 4.78 is 1.84. The van der Waals surface area contributed by atoms with Crippen LogP contribution in [-0.2, 0) is 13.1 Å². The summed E-state index contributed by atoms with van der Waals surface area (Å²) in [5.41, 5.74) is 2.49. The fourth-order valence-corrected chi connectivity index (χ4v) is 3.43. The Morgan fingerprint density at radius 3 is 2.07 bits per heavy atom. The number of benzene rings is 2. The van der Waals surface area contributed by atoms with Gasteiger partial charge in [-0.1, -0.05) is 60.7 Å². The van der Waals surface area contributed by atoms with Crippen molar-refractivity contribution in [3.05, 3.63) is 84.1 Å². The smallest absolute Gasteiger partial charge is 0.322 e. The van der Waals surface area contributed by atoms with Crippen LogP contribution >= 0.6 is 0 Å². The molecule has 3 aromatic rings. The largest absolute Gasteiger partial charge is 0.323 e. The average molecular weight is 375 g/mol. The molecule has 0 bridgehead atoms. The van der Waals surface area contributed by atoms with Gasteiger partial charge < -0.3 is 4.90 Å². The van der Waals surface area contributed by atoms with Crippen molar-refractivity contribution in [3.8, 4) is 0 Å². The lowest BCUT2D eigenvalue weighted by Gasteiger charge is -2.34. The number of rotatable bonds is 5. The molecular formula is C22H25N5O. The maximum atomic E-state index is 12.5. The average Bonchev–Trinajstić information content (AvgIpc) is 3.17. The Kier molecular flexibility index (Phi) is 5.68. The molecule has 2 amide bonds. The molecule has 144 valence electrons. The summed E-state index contributed by atoms with van der Waals surface area (Å²) in [6.45, 7) is 4.83. The Morgan fingerprint density at radius 2 is 1.43 bits per heavy atom. The van der Waals surface area contributed by atoms with Crippen LogP contribution in [0.25, 0.3) is 0 Å². The highest BCUT2D eigenvalue weighted by atomic mass is 16.2. The summed E-state index contributed by atoms with van der Waals surface area (Å²) in [6.07, 6.45) is 1.89. The second kappa shape index (κ2) is 8.71. The van der Waals surface area contributed by atoms with Crippen LogP contribution in [0.5, 0.6) is 0 Å². The zero-order valence-corrected chi connectivity index (χ0v) is 15.9. The number of anilines is 1. The number of urea groups is 1. The molecule has 0 saturated carbocycles. The van der Waals surface area contributed by atoms with Crippen LogP contribution in [-0.4, -0.2) is 51.8 Å². The molecule has 0 aliphatic carbocycles. The number of amides is 2. The minimum Gasteiger partial charge on any atom is -0.322 e. The number of hydrogen-bond donors (Lipinski definition) is 1. The maximum Gasteiger partial charge on any atom is 0.323 e. The molecule has 1 saturated heterocycles. The van der Waals surface area contributed by atoms with E-state index >= 15 is 0 Å². The van der Waals surface area contributed by atoms with Crippen LogP contribution in [0.1, 0.15) is 11.1 Å². The molecule has 4 rings (SSSR count). The van der Waals surface area contributed by atoms with Gasteiger partial charge in [-0.3, -0.25) is 14.9 Å². The molecular weight excluding hydrogens is 350 g/mol. The van der Waals surface area contributed by atoms with Crippen molar-refractivity contribution in [3.63, 3.8) is 0 Å². The van der Waals surface area contributed by atoms with Gasteiger partial charge in [0.05, 0.1) is 6.54 Å². The molecule has 6 heteroatoms. The third kappa shape index (κ3) is 4.78. The van der Waals surface area contributed by atoms with E-state index in [1.54, 1.807) is 0 Å². The lowest BCUT2D eigenvalue weighted by Crippen LogP contribution is -2.49. The van der Waals surface area contributed by atoms with Crippen LogP contribution in [0, 0.1) is 0 Å². The predicted molar refractivity (Wildman–Crippen MR) is 110 cm³/mol. The highest BCUT2D eigenvalue weighted by molar-refractivity contribution is 5.88. The number of nitrogens with zero attached hydrogens (tertiary/aromatic N) is 4. The molecule has 0 atom stereocenters. The van der Waals surface area contributed by atoms with Crippen molar-refractivity contribution in [2.24, 2.45) is 0 Å². The van der Waals surface area contributed by atoms with Crippen molar-refractivity contribution in [2.75, 3.05) is 31.5 Å². The molecule has 1 aliphatic rings. The van der Waals surface area contributed by atoms with Crippen LogP contribution < -0.4 is 5.32 Å². The van der Waals surface area contributed by atoms with E-state index in [4.69, 9.17) is 0 Å². The molecule has 2 heterocycles. The molecule has 28 heavy (non-hydrogen) atoms. The zero-order valence-electron chi connectivity index (χ0n) is 15.9. The highest BCUT2D eigenvalue weighted by Gasteiger charge is 2.21. The summed E-state index contributed by atoms with van der Waals surface area (Å²) in [4.78, 5) is 16.8. The second-order valence-electron chi connectivity index (χ2n) is 7.06. The van der Waals surface area contributed by atoms with Crippen LogP contribution in [0.4, 0.5) is 10.6 Å². The number of piperazine rings is 1. The van der Waals surface area contributed by atoms with E-state index in [1.165, 1.54) is 11.1 Å². The van der Waals surface area contributed by atoms with Crippen molar-refractivity contribution in [1.29, 1.82) is 0 Å². The topological polar surface area (TPSA) is 53.4 Å². The highest BCUT2D eigenvalue weighted by Crippen LogP contribution is 2.11. The maximum absolute atomic E-state index is 12.5. The van der Waals surface area contributed by atoms with Crippen LogP contribution in [0.2, 0.25) is 0 Å². The van der Waals surface area contributed by atoms with Gasteiger partial charge in [-0.25, -0.2) is 4.79 Å². The Bertz CT molecular complexity index is 886. The number of nitrogens with one attached hydrogen (secondary N) is 1. The van der Waals surface area contributed by atoms with Gasteiger partial charge in [0.25, 0.3) is 0 Å². The van der Waals surface area contributed by atoms with Gasteiger partial charge in [0.2, 0.25) is 0 Å². The van der Waals surface area contributed by atoms with Crippen molar-refractivity contribution in [2.45, 2.75) is 13.1 Å². The first kappa shape index (κ1) is 18.3. The SMILES string of the molecule is O=C(Nc1ccn(Cc2ccccc2)n1)N1CCN(Cc2ccccc2)CC1. The van der Waals surface area contributed by atoms with E-state index in [-0.39, 0.29) is 6.03 Å². The van der Waals surface area contributed by atoms with E-state index in [0.29, 0.717) is 12.4 Å². The first-order chi connectivity index (χ1) is 13.8. The molecule has 1 aromatic heterocycles. The molecule has 2 aromatic carbocycles. The van der Waals surface area contributed by atoms with Gasteiger partial charge in [0.15, 0.2) is 5.82 Å². The Hall–Kier alpha value is -3.12. The fraction of sp³-hybridized carbons (Fsp3) is 0.273. The standard InChI is InChI=1S/C22H25N5O/c28-22(23-21-11-12-27(24-21)18-20-9-5-2-6-10-20)26-15-13-25(14-16-26)17-19-7-3-1-4-8-19/h1-12H,13-18H2,(H,23,24,28). The Morgan fingerprint density at radius 1 is 0.821 bits per heavy atom. The Balaban J connectivity index is 1.26. The van der Waals surface area contributed by atoms with Gasteiger partial charge in [0, 0.05) is 45.0 Å². The van der Waals surface area contributed by atoms with Crippen molar-refractivity contribution < 1.29 is 4.79 Å². The summed E-state index contributed by atoms with van der Waals surface area (Å²) >= 11 is 0. The van der Waals surface area contributed by atoms with Gasteiger partial charge in [-0.05, 0) is 11.1 Å². The first-order valence-corrected chi connectivity index (χ1v) is 9.66. The molecule has 0 spiro atoms. The number of hydrogen-bond acceptors (Lipinski definition) is 3. The summed E-state index contributed by atoms with van der Waals surface area (Å²) in [6, 6.07) is 22.4. The summed E-state index contributed by atoms with van der Waals surface area (Å²) in [5.74, 6) is 0.590. The van der Waals surface area contributed by atoms with E-state index in [9.17, 15) is 4.79 Å².